The first-order valence-electron chi connectivity index (χ1n) is 10.1. The number of hydrogen-bond acceptors (Lipinski definition) is 3. The van der Waals surface area contributed by atoms with Crippen LogP contribution in [0.2, 0.25) is 0 Å². The average molecular weight is 341 g/mol. The third-order valence-electron chi connectivity index (χ3n) is 4.88. The summed E-state index contributed by atoms with van der Waals surface area (Å²) in [5, 5.41) is 0. The summed E-state index contributed by atoms with van der Waals surface area (Å²) < 4.78 is 5.55. The molecule has 0 aromatic carbocycles. The Morgan fingerprint density at radius 1 is 0.833 bits per heavy atom. The molecule has 1 heterocycles. The molecule has 24 heavy (non-hydrogen) atoms. The molecule has 0 saturated carbocycles. The predicted octanol–water partition coefficient (Wildman–Crippen LogP) is 4.08. The first-order valence-corrected chi connectivity index (χ1v) is 10.1. The van der Waals surface area contributed by atoms with Gasteiger partial charge in [0.25, 0.3) is 0 Å². The van der Waals surface area contributed by atoms with E-state index in [4.69, 9.17) is 4.74 Å². The Hall–Kier alpha value is -0.610. The second kappa shape index (κ2) is 12.7. The Labute approximate surface area is 149 Å². The lowest BCUT2D eigenvalue weighted by Gasteiger charge is -2.37. The third-order valence-corrected chi connectivity index (χ3v) is 4.88. The van der Waals surface area contributed by atoms with Gasteiger partial charge in [-0.3, -0.25) is 9.69 Å². The first-order chi connectivity index (χ1) is 11.5. The minimum Gasteiger partial charge on any atom is -0.379 e. The van der Waals surface area contributed by atoms with Gasteiger partial charge in [-0.2, -0.15) is 0 Å². The molecule has 1 amide bonds. The largest absolute Gasteiger partial charge is 0.379 e. The van der Waals surface area contributed by atoms with E-state index in [-0.39, 0.29) is 0 Å². The van der Waals surface area contributed by atoms with E-state index in [1.165, 1.54) is 38.5 Å². The predicted molar refractivity (Wildman–Crippen MR) is 101 cm³/mol. The maximum atomic E-state index is 12.2. The summed E-state index contributed by atoms with van der Waals surface area (Å²) in [7, 11) is 0. The summed E-state index contributed by atoms with van der Waals surface area (Å²) in [6, 6.07) is 0.596. The molecule has 1 aliphatic rings. The van der Waals surface area contributed by atoms with Crippen molar-refractivity contribution in [2.24, 2.45) is 0 Å². The highest BCUT2D eigenvalue weighted by molar-refractivity contribution is 5.76. The minimum absolute atomic E-state index is 0.357. The Bertz CT molecular complexity index is 324. The molecule has 0 bridgehead atoms. The minimum atomic E-state index is 0.357. The number of amides is 1. The summed E-state index contributed by atoms with van der Waals surface area (Å²) in [4.78, 5) is 16.7. The van der Waals surface area contributed by atoms with E-state index in [1.807, 2.05) is 0 Å². The molecule has 1 saturated heterocycles. The lowest BCUT2D eigenvalue weighted by atomic mass is 10.1. The third kappa shape index (κ3) is 9.63. The molecule has 0 atom stereocenters. The van der Waals surface area contributed by atoms with Crippen molar-refractivity contribution in [1.82, 2.24) is 9.80 Å². The highest BCUT2D eigenvalue weighted by atomic mass is 16.5. The summed E-state index contributed by atoms with van der Waals surface area (Å²) in [6.45, 7) is 13.4. The highest BCUT2D eigenvalue weighted by Gasteiger charge is 2.21. The van der Waals surface area contributed by atoms with Gasteiger partial charge in [0.1, 0.15) is 0 Å². The van der Waals surface area contributed by atoms with Gasteiger partial charge in [0, 0.05) is 45.2 Å². The van der Waals surface area contributed by atoms with Crippen molar-refractivity contribution in [3.8, 4) is 0 Å². The molecule has 4 heteroatoms. The van der Waals surface area contributed by atoms with Crippen LogP contribution in [0, 0.1) is 0 Å². The molecular formula is C20H40N2O2. The van der Waals surface area contributed by atoms with E-state index in [2.05, 4.69) is 37.5 Å². The molecule has 1 aliphatic heterocycles. The van der Waals surface area contributed by atoms with E-state index in [9.17, 15) is 4.79 Å². The monoisotopic (exact) mass is 340 g/mol. The second-order valence-electron chi connectivity index (χ2n) is 7.65. The number of rotatable bonds is 12. The number of carbonyl (C=O) groups excluding carboxylic acids is 1. The zero-order chi connectivity index (χ0) is 17.8. The second-order valence-corrected chi connectivity index (χ2v) is 7.65. The van der Waals surface area contributed by atoms with Crippen molar-refractivity contribution in [3.63, 3.8) is 0 Å². The lowest BCUT2D eigenvalue weighted by molar-refractivity contribution is -0.133. The molecule has 0 aromatic heterocycles. The van der Waals surface area contributed by atoms with E-state index in [0.29, 0.717) is 18.1 Å². The van der Waals surface area contributed by atoms with Gasteiger partial charge in [0.2, 0.25) is 5.91 Å². The van der Waals surface area contributed by atoms with Crippen LogP contribution in [0.1, 0.15) is 79.1 Å². The van der Waals surface area contributed by atoms with Gasteiger partial charge in [-0.1, -0.05) is 32.1 Å². The molecule has 0 unspecified atom stereocenters. The Morgan fingerprint density at radius 3 is 1.92 bits per heavy atom. The number of piperazine rings is 1. The summed E-state index contributed by atoms with van der Waals surface area (Å²) in [5.41, 5.74) is 0. The van der Waals surface area contributed by atoms with E-state index in [0.717, 1.165) is 45.6 Å². The summed E-state index contributed by atoms with van der Waals surface area (Å²) in [6.07, 6.45) is 9.65. The number of nitrogens with zero attached hydrogens (tertiary/aromatic N) is 2. The van der Waals surface area contributed by atoms with Gasteiger partial charge >= 0.3 is 0 Å². The summed E-state index contributed by atoms with van der Waals surface area (Å²) in [5.74, 6) is 0.365. The highest BCUT2D eigenvalue weighted by Crippen LogP contribution is 2.12. The van der Waals surface area contributed by atoms with Crippen LogP contribution < -0.4 is 0 Å². The van der Waals surface area contributed by atoms with Crippen molar-refractivity contribution in [1.29, 1.82) is 0 Å². The standard InChI is InChI=1S/C20H40N2O2/c1-18(2)21-13-15-22(16-14-21)20(23)12-10-8-6-5-7-9-11-17-24-19(3)4/h18-19H,5-17H2,1-4H3. The van der Waals surface area contributed by atoms with Crippen LogP contribution in [0.15, 0.2) is 0 Å². The number of ether oxygens (including phenoxy) is 1. The van der Waals surface area contributed by atoms with Crippen LogP contribution >= 0.6 is 0 Å². The van der Waals surface area contributed by atoms with Crippen molar-refractivity contribution >= 4 is 5.91 Å². The molecule has 0 radical (unpaired) electrons. The lowest BCUT2D eigenvalue weighted by Crippen LogP contribution is -2.50. The molecule has 1 fully saturated rings. The van der Waals surface area contributed by atoms with Crippen molar-refractivity contribution in [3.05, 3.63) is 0 Å². The van der Waals surface area contributed by atoms with Crippen LogP contribution in [0.5, 0.6) is 0 Å². The van der Waals surface area contributed by atoms with Crippen LogP contribution in [-0.2, 0) is 9.53 Å². The molecule has 0 spiro atoms. The maximum Gasteiger partial charge on any atom is 0.222 e. The van der Waals surface area contributed by atoms with Crippen molar-refractivity contribution in [2.45, 2.75) is 91.2 Å². The Morgan fingerprint density at radius 2 is 1.38 bits per heavy atom. The topological polar surface area (TPSA) is 32.8 Å². The van der Waals surface area contributed by atoms with Gasteiger partial charge in [0.05, 0.1) is 6.10 Å². The fourth-order valence-electron chi connectivity index (χ4n) is 3.23. The van der Waals surface area contributed by atoms with Crippen LogP contribution in [0.25, 0.3) is 0 Å². The maximum absolute atomic E-state index is 12.2. The quantitative estimate of drug-likeness (QED) is 0.502. The van der Waals surface area contributed by atoms with E-state index in [1.54, 1.807) is 0 Å². The van der Waals surface area contributed by atoms with Crippen LogP contribution in [0.4, 0.5) is 0 Å². The molecule has 0 N–H and O–H groups in total. The number of unbranched alkanes of at least 4 members (excludes halogenated alkanes) is 6. The van der Waals surface area contributed by atoms with Crippen LogP contribution in [-0.4, -0.2) is 60.6 Å². The number of hydrogen-bond donors (Lipinski definition) is 0. The van der Waals surface area contributed by atoms with E-state index < -0.39 is 0 Å². The normalized spacial score (nSPS) is 16.3. The zero-order valence-electron chi connectivity index (χ0n) is 16.6. The van der Waals surface area contributed by atoms with Gasteiger partial charge in [-0.25, -0.2) is 0 Å². The zero-order valence-corrected chi connectivity index (χ0v) is 16.6. The summed E-state index contributed by atoms with van der Waals surface area (Å²) >= 11 is 0. The molecule has 0 aromatic rings. The molecule has 142 valence electrons. The van der Waals surface area contributed by atoms with Crippen molar-refractivity contribution < 1.29 is 9.53 Å². The fourth-order valence-corrected chi connectivity index (χ4v) is 3.23. The average Bonchev–Trinajstić information content (AvgIpc) is 2.56. The van der Waals surface area contributed by atoms with Gasteiger partial charge in [-0.05, 0) is 40.5 Å². The molecule has 1 rings (SSSR count). The SMILES string of the molecule is CC(C)OCCCCCCCCCC(=O)N1CCN(C(C)C)CC1. The fraction of sp³-hybridized carbons (Fsp3) is 0.950. The molecular weight excluding hydrogens is 300 g/mol. The van der Waals surface area contributed by atoms with Gasteiger partial charge < -0.3 is 9.64 Å². The van der Waals surface area contributed by atoms with E-state index >= 15 is 0 Å². The molecule has 0 aliphatic carbocycles. The Balaban J connectivity index is 1.91. The smallest absolute Gasteiger partial charge is 0.222 e. The van der Waals surface area contributed by atoms with Gasteiger partial charge in [0.15, 0.2) is 0 Å². The van der Waals surface area contributed by atoms with Crippen LogP contribution in [0.3, 0.4) is 0 Å². The molecule has 4 nitrogen and oxygen atoms in total. The van der Waals surface area contributed by atoms with Crippen molar-refractivity contribution in [2.75, 3.05) is 32.8 Å². The number of carbonyl (C=O) groups is 1. The van der Waals surface area contributed by atoms with Gasteiger partial charge in [-0.15, -0.1) is 0 Å². The first kappa shape index (κ1) is 21.4. The Kier molecular flexibility index (Phi) is 11.4.